The van der Waals surface area contributed by atoms with E-state index in [1.807, 2.05) is 0 Å². The highest BCUT2D eigenvalue weighted by molar-refractivity contribution is 7.80. The van der Waals surface area contributed by atoms with Gasteiger partial charge in [0.1, 0.15) is 5.82 Å². The minimum absolute atomic E-state index is 0.183. The fourth-order valence-corrected chi connectivity index (χ4v) is 1.92. The topological polar surface area (TPSA) is 32.3 Å². The number of rotatable bonds is 7. The first-order valence-corrected chi connectivity index (χ1v) is 7.33. The lowest BCUT2D eigenvalue weighted by Crippen LogP contribution is -2.29. The van der Waals surface area contributed by atoms with Crippen LogP contribution >= 0.6 is 12.6 Å². The number of nitrogens with zero attached hydrogens (tertiary/aromatic N) is 1. The molecule has 0 saturated carbocycles. The normalized spacial score (nSPS) is 11.2. The molecule has 0 unspecified atom stereocenters. The van der Waals surface area contributed by atoms with E-state index in [9.17, 15) is 9.18 Å². The maximum absolute atomic E-state index is 13.0. The van der Waals surface area contributed by atoms with Crippen LogP contribution in [0.4, 0.5) is 4.39 Å². The highest BCUT2D eigenvalue weighted by atomic mass is 32.1. The molecule has 1 aromatic carbocycles. The molecular weight excluding hydrogens is 275 g/mol. The summed E-state index contributed by atoms with van der Waals surface area (Å²) in [6, 6.07) is 4.71. The molecule has 0 aliphatic carbocycles. The van der Waals surface area contributed by atoms with Gasteiger partial charge in [-0.1, -0.05) is 0 Å². The van der Waals surface area contributed by atoms with Gasteiger partial charge in [0, 0.05) is 23.0 Å². The molecule has 0 spiro atoms. The van der Waals surface area contributed by atoms with E-state index in [4.69, 9.17) is 0 Å². The van der Waals surface area contributed by atoms with Crippen LogP contribution in [0.2, 0.25) is 0 Å². The molecule has 1 rings (SSSR count). The Morgan fingerprint density at radius 3 is 2.70 bits per heavy atom. The van der Waals surface area contributed by atoms with Crippen LogP contribution in [0.3, 0.4) is 0 Å². The molecule has 0 heterocycles. The third-order valence-electron chi connectivity index (χ3n) is 3.31. The van der Waals surface area contributed by atoms with Gasteiger partial charge in [0.2, 0.25) is 0 Å². The highest BCUT2D eigenvalue weighted by Gasteiger charge is 2.07. The number of nitrogens with one attached hydrogen (secondary N) is 1. The van der Waals surface area contributed by atoms with E-state index in [0.717, 1.165) is 19.4 Å². The lowest BCUT2D eigenvalue weighted by atomic mass is 10.2. The average molecular weight is 298 g/mol. The summed E-state index contributed by atoms with van der Waals surface area (Å²) in [7, 11) is 2.09. The number of hydrogen-bond donors (Lipinski definition) is 2. The summed E-state index contributed by atoms with van der Waals surface area (Å²) < 4.78 is 13.0. The zero-order chi connectivity index (χ0) is 15.1. The van der Waals surface area contributed by atoms with Crippen LogP contribution in [-0.4, -0.2) is 37.0 Å². The summed E-state index contributed by atoms with van der Waals surface area (Å²) in [5, 5.41) is 2.83. The van der Waals surface area contributed by atoms with Crippen molar-refractivity contribution in [3.63, 3.8) is 0 Å². The Hall–Kier alpha value is -1.07. The number of halogens is 1. The molecule has 5 heteroatoms. The Morgan fingerprint density at radius 1 is 1.40 bits per heavy atom. The molecule has 0 fully saturated rings. The summed E-state index contributed by atoms with van der Waals surface area (Å²) in [6.45, 7) is 5.96. The van der Waals surface area contributed by atoms with Crippen LogP contribution in [-0.2, 0) is 0 Å². The number of amides is 1. The molecule has 3 nitrogen and oxygen atoms in total. The first kappa shape index (κ1) is 17.0. The van der Waals surface area contributed by atoms with Crippen molar-refractivity contribution in [2.24, 2.45) is 0 Å². The third kappa shape index (κ3) is 5.51. The van der Waals surface area contributed by atoms with Crippen LogP contribution in [0.1, 0.15) is 37.0 Å². The van der Waals surface area contributed by atoms with Gasteiger partial charge in [-0.25, -0.2) is 4.39 Å². The largest absolute Gasteiger partial charge is 0.352 e. The molecule has 1 aromatic rings. The lowest BCUT2D eigenvalue weighted by molar-refractivity contribution is 0.0952. The first-order chi connectivity index (χ1) is 9.41. The summed E-state index contributed by atoms with van der Waals surface area (Å²) in [4.78, 5) is 14.3. The number of thiol groups is 1. The molecule has 0 saturated heterocycles. The van der Waals surface area contributed by atoms with Crippen molar-refractivity contribution in [2.45, 2.75) is 37.6 Å². The van der Waals surface area contributed by atoms with E-state index in [0.29, 0.717) is 18.2 Å². The number of hydrogen-bond acceptors (Lipinski definition) is 3. The zero-order valence-electron chi connectivity index (χ0n) is 12.3. The van der Waals surface area contributed by atoms with Crippen LogP contribution in [0, 0.1) is 5.82 Å². The van der Waals surface area contributed by atoms with Gasteiger partial charge in [0.05, 0.1) is 0 Å². The molecule has 1 amide bonds. The summed E-state index contributed by atoms with van der Waals surface area (Å²) >= 11 is 3.97. The van der Waals surface area contributed by atoms with Gasteiger partial charge in [-0.05, 0) is 58.5 Å². The van der Waals surface area contributed by atoms with Gasteiger partial charge in [-0.15, -0.1) is 12.6 Å². The number of carbonyl (C=O) groups is 1. The minimum atomic E-state index is -0.415. The maximum atomic E-state index is 13.0. The Bertz CT molecular complexity index is 451. The van der Waals surface area contributed by atoms with E-state index >= 15 is 0 Å². The predicted octanol–water partition coefficient (Wildman–Crippen LogP) is 2.96. The molecule has 0 radical (unpaired) electrons. The number of benzene rings is 1. The van der Waals surface area contributed by atoms with Crippen molar-refractivity contribution >= 4 is 18.5 Å². The van der Waals surface area contributed by atoms with Gasteiger partial charge >= 0.3 is 0 Å². The van der Waals surface area contributed by atoms with Crippen LogP contribution in [0.25, 0.3) is 0 Å². The van der Waals surface area contributed by atoms with Gasteiger partial charge < -0.3 is 10.2 Å². The second-order valence-corrected chi connectivity index (χ2v) is 5.69. The Balaban J connectivity index is 2.28. The molecule has 0 aliphatic rings. The number of carbonyl (C=O) groups excluding carboxylic acids is 1. The average Bonchev–Trinajstić information content (AvgIpc) is 2.40. The molecule has 20 heavy (non-hydrogen) atoms. The molecule has 112 valence electrons. The predicted molar refractivity (Wildman–Crippen MR) is 83.0 cm³/mol. The van der Waals surface area contributed by atoms with E-state index in [1.165, 1.54) is 18.2 Å². The molecule has 0 atom stereocenters. The molecule has 0 aliphatic heterocycles. The van der Waals surface area contributed by atoms with E-state index in [2.05, 4.69) is 43.7 Å². The minimum Gasteiger partial charge on any atom is -0.352 e. The van der Waals surface area contributed by atoms with Gasteiger partial charge in [0.25, 0.3) is 5.91 Å². The standard InChI is InChI=1S/C15H23FN2OS/c1-11(2)18(3)9-5-4-8-17-15(19)12-6-7-13(16)14(20)10-12/h6-7,10-11,20H,4-5,8-9H2,1-3H3,(H,17,19). The zero-order valence-corrected chi connectivity index (χ0v) is 13.2. The summed E-state index contributed by atoms with van der Waals surface area (Å²) in [5.74, 6) is -0.598. The molecule has 1 N–H and O–H groups in total. The van der Waals surface area contributed by atoms with Crippen LogP contribution in [0.5, 0.6) is 0 Å². The van der Waals surface area contributed by atoms with E-state index in [-0.39, 0.29) is 10.8 Å². The second kappa shape index (κ2) is 8.27. The van der Waals surface area contributed by atoms with Gasteiger partial charge in [-0.2, -0.15) is 0 Å². The SMILES string of the molecule is CC(C)N(C)CCCCNC(=O)c1ccc(F)c(S)c1. The van der Waals surface area contributed by atoms with E-state index in [1.54, 1.807) is 0 Å². The van der Waals surface area contributed by atoms with Crippen LogP contribution < -0.4 is 5.32 Å². The van der Waals surface area contributed by atoms with E-state index < -0.39 is 5.82 Å². The highest BCUT2D eigenvalue weighted by Crippen LogP contribution is 2.14. The summed E-state index contributed by atoms with van der Waals surface area (Å²) in [6.07, 6.45) is 1.97. The monoisotopic (exact) mass is 298 g/mol. The first-order valence-electron chi connectivity index (χ1n) is 6.88. The maximum Gasteiger partial charge on any atom is 0.251 e. The molecule has 0 aromatic heterocycles. The molecule has 0 bridgehead atoms. The van der Waals surface area contributed by atoms with Crippen molar-refractivity contribution in [2.75, 3.05) is 20.1 Å². The number of unbranched alkanes of at least 4 members (excludes halogenated alkanes) is 1. The summed E-state index contributed by atoms with van der Waals surface area (Å²) in [5.41, 5.74) is 0.440. The van der Waals surface area contributed by atoms with Crippen molar-refractivity contribution in [3.8, 4) is 0 Å². The van der Waals surface area contributed by atoms with Crippen molar-refractivity contribution in [3.05, 3.63) is 29.6 Å². The van der Waals surface area contributed by atoms with Gasteiger partial charge in [-0.3, -0.25) is 4.79 Å². The Kier molecular flexibility index (Phi) is 7.02. The smallest absolute Gasteiger partial charge is 0.251 e. The van der Waals surface area contributed by atoms with Crippen LogP contribution in [0.15, 0.2) is 23.1 Å². The fourth-order valence-electron chi connectivity index (χ4n) is 1.70. The Labute approximate surface area is 126 Å². The van der Waals surface area contributed by atoms with Crippen molar-refractivity contribution in [1.29, 1.82) is 0 Å². The Morgan fingerprint density at radius 2 is 2.10 bits per heavy atom. The van der Waals surface area contributed by atoms with Crippen molar-refractivity contribution in [1.82, 2.24) is 10.2 Å². The van der Waals surface area contributed by atoms with Gasteiger partial charge in [0.15, 0.2) is 0 Å². The fraction of sp³-hybridized carbons (Fsp3) is 0.533. The molecular formula is C15H23FN2OS. The third-order valence-corrected chi connectivity index (χ3v) is 3.66. The second-order valence-electron chi connectivity index (χ2n) is 5.20. The lowest BCUT2D eigenvalue weighted by Gasteiger charge is -2.20. The van der Waals surface area contributed by atoms with Crippen molar-refractivity contribution < 1.29 is 9.18 Å². The quantitative estimate of drug-likeness (QED) is 0.599.